The standard InChI is InChI=1S/C24H27O4.ClH.Hg/c1-18-10-9-15-24(2,17-28-23(26)20-13-7-4-8-14-20)21(18)16-27-22(25)19-11-5-3-6-12-19;;/h3-8,11-15,18,21H,9-10,16-17H2,1-2H3;1H;/q;;+1/p-1/t18?,21?,24-;;/m0../s1. The zero-order valence-electron chi connectivity index (χ0n) is 17.6. The summed E-state index contributed by atoms with van der Waals surface area (Å²) in [5.41, 5.74) is 0.818. The molecule has 0 radical (unpaired) electrons. The van der Waals surface area contributed by atoms with Crippen LogP contribution in [0, 0.1) is 17.3 Å². The number of esters is 2. The van der Waals surface area contributed by atoms with Gasteiger partial charge in [0.2, 0.25) is 0 Å². The monoisotopic (exact) mass is 616 g/mol. The number of hydrogen-bond acceptors (Lipinski definition) is 4. The molecule has 1 aliphatic rings. The van der Waals surface area contributed by atoms with Crippen LogP contribution in [0.2, 0.25) is 3.43 Å². The Morgan fingerprint density at radius 3 is 2.03 bits per heavy atom. The third kappa shape index (κ3) is 5.44. The average molecular weight is 616 g/mol. The Kier molecular flexibility index (Phi) is 8.35. The molecule has 0 aromatic heterocycles. The third-order valence-electron chi connectivity index (χ3n) is 6.55. The molecule has 1 fully saturated rings. The van der Waals surface area contributed by atoms with Gasteiger partial charge in [0.05, 0.1) is 0 Å². The average Bonchev–Trinajstić information content (AvgIpc) is 2.78. The van der Waals surface area contributed by atoms with E-state index in [1.165, 1.54) is 0 Å². The number of carbonyl (C=O) groups is 2. The van der Waals surface area contributed by atoms with Crippen LogP contribution in [0.1, 0.15) is 47.4 Å². The molecule has 2 unspecified atom stereocenters. The second kappa shape index (κ2) is 10.8. The van der Waals surface area contributed by atoms with E-state index in [2.05, 4.69) is 13.8 Å². The molecule has 0 amide bonds. The quantitative estimate of drug-likeness (QED) is 0.293. The second-order valence-electron chi connectivity index (χ2n) is 8.42. The second-order valence-corrected chi connectivity index (χ2v) is 16.2. The maximum absolute atomic E-state index is 12.5. The van der Waals surface area contributed by atoms with Crippen LogP contribution in [0.5, 0.6) is 0 Å². The molecule has 1 aliphatic carbocycles. The molecule has 0 bridgehead atoms. The Balaban J connectivity index is 1.72. The minimum absolute atomic E-state index is 0.103. The molecule has 156 valence electrons. The molecule has 4 nitrogen and oxygen atoms in total. The number of carbonyl (C=O) groups excluding carboxylic acids is 2. The van der Waals surface area contributed by atoms with Crippen molar-refractivity contribution in [1.82, 2.24) is 0 Å². The Labute approximate surface area is 194 Å². The van der Waals surface area contributed by atoms with Gasteiger partial charge >= 0.3 is 195 Å². The van der Waals surface area contributed by atoms with Gasteiger partial charge in [-0.15, -0.1) is 0 Å². The number of ether oxygens (including phenoxy) is 2. The maximum atomic E-state index is 12.5. The van der Waals surface area contributed by atoms with E-state index >= 15 is 0 Å². The molecule has 0 spiro atoms. The van der Waals surface area contributed by atoms with E-state index in [4.69, 9.17) is 17.7 Å². The fourth-order valence-corrected chi connectivity index (χ4v) is 13.5. The molecule has 0 saturated heterocycles. The van der Waals surface area contributed by atoms with Crippen molar-refractivity contribution in [3.05, 3.63) is 71.8 Å². The zero-order chi connectivity index (χ0) is 21.6. The predicted molar refractivity (Wildman–Crippen MR) is 113 cm³/mol. The first kappa shape index (κ1) is 23.3. The van der Waals surface area contributed by atoms with Crippen molar-refractivity contribution in [3.8, 4) is 0 Å². The van der Waals surface area contributed by atoms with Crippen molar-refractivity contribution in [2.75, 3.05) is 13.2 Å². The van der Waals surface area contributed by atoms with Gasteiger partial charge in [-0.2, -0.15) is 0 Å². The SMILES string of the molecule is CC1CC[C@@H]([Hg][Cl])[C@@](C)(COC(=O)c2ccccc2)C1COC(=O)c1ccccc1. The third-order valence-corrected chi connectivity index (χ3v) is 16.5. The van der Waals surface area contributed by atoms with Gasteiger partial charge in [-0.3, -0.25) is 0 Å². The molecular weight excluding hydrogens is 588 g/mol. The number of halogens is 1. The summed E-state index contributed by atoms with van der Waals surface area (Å²) >= 11 is -1.64. The Hall–Kier alpha value is -1.39. The summed E-state index contributed by atoms with van der Waals surface area (Å²) < 4.78 is 11.9. The minimum atomic E-state index is -1.64. The van der Waals surface area contributed by atoms with E-state index in [0.29, 0.717) is 33.7 Å². The van der Waals surface area contributed by atoms with Crippen LogP contribution in [0.4, 0.5) is 0 Å². The summed E-state index contributed by atoms with van der Waals surface area (Å²) in [7, 11) is 6.54. The molecule has 1 saturated carbocycles. The van der Waals surface area contributed by atoms with Gasteiger partial charge in [-0.1, -0.05) is 0 Å². The summed E-state index contributed by atoms with van der Waals surface area (Å²) in [6, 6.07) is 18.1. The molecule has 0 heterocycles. The van der Waals surface area contributed by atoms with Crippen LogP contribution in [0.3, 0.4) is 0 Å². The van der Waals surface area contributed by atoms with Crippen molar-refractivity contribution >= 4 is 20.2 Å². The molecule has 2 aromatic carbocycles. The summed E-state index contributed by atoms with van der Waals surface area (Å²) in [6.07, 6.45) is 2.13. The molecule has 0 N–H and O–H groups in total. The van der Waals surface area contributed by atoms with E-state index < -0.39 is 23.3 Å². The van der Waals surface area contributed by atoms with Gasteiger partial charge in [0.15, 0.2) is 0 Å². The normalized spacial score (nSPS) is 25.8. The molecule has 2 aromatic rings. The Morgan fingerprint density at radius 1 is 0.967 bits per heavy atom. The van der Waals surface area contributed by atoms with Crippen LogP contribution in [0.15, 0.2) is 60.7 Å². The molecule has 3 rings (SSSR count). The van der Waals surface area contributed by atoms with Crippen molar-refractivity contribution < 1.29 is 42.4 Å². The number of benzene rings is 2. The zero-order valence-corrected chi connectivity index (χ0v) is 23.8. The van der Waals surface area contributed by atoms with E-state index in [1.54, 1.807) is 24.3 Å². The van der Waals surface area contributed by atoms with Crippen molar-refractivity contribution in [1.29, 1.82) is 0 Å². The molecule has 4 atom stereocenters. The van der Waals surface area contributed by atoms with Crippen LogP contribution in [-0.4, -0.2) is 25.2 Å². The van der Waals surface area contributed by atoms with Crippen molar-refractivity contribution in [3.63, 3.8) is 0 Å². The number of hydrogen-bond donors (Lipinski definition) is 0. The first-order valence-corrected chi connectivity index (χ1v) is 20.4. The fraction of sp³-hybridized carbons (Fsp3) is 0.417. The van der Waals surface area contributed by atoms with Gasteiger partial charge in [-0.25, -0.2) is 0 Å². The van der Waals surface area contributed by atoms with E-state index in [-0.39, 0.29) is 23.3 Å². The van der Waals surface area contributed by atoms with Crippen LogP contribution in [-0.2, 0) is 32.8 Å². The van der Waals surface area contributed by atoms with Gasteiger partial charge in [0.25, 0.3) is 0 Å². The van der Waals surface area contributed by atoms with Gasteiger partial charge in [0.1, 0.15) is 0 Å². The van der Waals surface area contributed by atoms with E-state index in [9.17, 15) is 9.59 Å². The Morgan fingerprint density at radius 2 is 1.50 bits per heavy atom. The van der Waals surface area contributed by atoms with Crippen LogP contribution in [0.25, 0.3) is 0 Å². The summed E-state index contributed by atoms with van der Waals surface area (Å²) in [5.74, 6) is -0.169. The number of rotatable bonds is 7. The molecule has 30 heavy (non-hydrogen) atoms. The molecule has 6 heteroatoms. The summed E-state index contributed by atoms with van der Waals surface area (Å²) in [4.78, 5) is 25.0. The van der Waals surface area contributed by atoms with Crippen molar-refractivity contribution in [2.24, 2.45) is 17.3 Å². The summed E-state index contributed by atoms with van der Waals surface area (Å²) in [6.45, 7) is 4.97. The van der Waals surface area contributed by atoms with Gasteiger partial charge < -0.3 is 0 Å². The first-order chi connectivity index (χ1) is 14.5. The predicted octanol–water partition coefficient (Wildman–Crippen LogP) is 5.78. The van der Waals surface area contributed by atoms with Crippen LogP contribution < -0.4 is 0 Å². The van der Waals surface area contributed by atoms with Gasteiger partial charge in [0, 0.05) is 0 Å². The fourth-order valence-electron chi connectivity index (χ4n) is 4.48. The topological polar surface area (TPSA) is 52.6 Å². The van der Waals surface area contributed by atoms with Crippen molar-refractivity contribution in [2.45, 2.75) is 30.1 Å². The molecule has 0 aliphatic heterocycles. The summed E-state index contributed by atoms with van der Waals surface area (Å²) in [5, 5.41) is 0. The van der Waals surface area contributed by atoms with Crippen LogP contribution >= 0.6 is 8.25 Å². The van der Waals surface area contributed by atoms with E-state index in [0.717, 1.165) is 12.8 Å². The molecular formula is C24H27ClHgO4. The van der Waals surface area contributed by atoms with E-state index in [1.807, 2.05) is 36.4 Å². The Bertz CT molecular complexity index is 845. The first-order valence-electron chi connectivity index (χ1n) is 10.5. The van der Waals surface area contributed by atoms with Gasteiger partial charge in [-0.05, 0) is 0 Å².